The molecule has 0 bridgehead atoms. The Kier molecular flexibility index (Phi) is 3.94. The standard InChI is InChI=1S/C20H28O/c1-20(2,3)17-10-8-14(9-11-17)19(21)13-16-12-15-6-4-5-7-18(15)16/h4-7,14,16-17H,8-13H2,1-3H3. The first-order chi connectivity index (χ1) is 9.95. The SMILES string of the molecule is CC(C)(C)C1CCC(C(=O)CC2Cc3ccccc32)CC1. The monoisotopic (exact) mass is 284 g/mol. The van der Waals surface area contributed by atoms with Crippen LogP contribution in [-0.4, -0.2) is 5.78 Å². The maximum absolute atomic E-state index is 12.6. The first-order valence-electron chi connectivity index (χ1n) is 8.55. The third-order valence-corrected chi connectivity index (χ3v) is 5.82. The van der Waals surface area contributed by atoms with E-state index in [9.17, 15) is 4.79 Å². The average molecular weight is 284 g/mol. The van der Waals surface area contributed by atoms with Crippen molar-refractivity contribution >= 4 is 5.78 Å². The quantitative estimate of drug-likeness (QED) is 0.751. The number of carbonyl (C=O) groups is 1. The van der Waals surface area contributed by atoms with Crippen LogP contribution in [0.1, 0.15) is 69.9 Å². The lowest BCUT2D eigenvalue weighted by Crippen LogP contribution is -2.30. The van der Waals surface area contributed by atoms with E-state index in [2.05, 4.69) is 45.0 Å². The third kappa shape index (κ3) is 3.07. The van der Waals surface area contributed by atoms with Gasteiger partial charge in [-0.05, 0) is 60.5 Å². The summed E-state index contributed by atoms with van der Waals surface area (Å²) in [7, 11) is 0. The molecule has 0 aliphatic heterocycles. The Morgan fingerprint density at radius 2 is 1.76 bits per heavy atom. The summed E-state index contributed by atoms with van der Waals surface area (Å²) in [5.41, 5.74) is 3.28. The number of benzene rings is 1. The highest BCUT2D eigenvalue weighted by molar-refractivity contribution is 5.82. The number of hydrogen-bond acceptors (Lipinski definition) is 1. The van der Waals surface area contributed by atoms with Crippen molar-refractivity contribution in [3.05, 3.63) is 35.4 Å². The van der Waals surface area contributed by atoms with Gasteiger partial charge in [0.25, 0.3) is 0 Å². The molecule has 2 aliphatic rings. The van der Waals surface area contributed by atoms with Crippen LogP contribution in [0, 0.1) is 17.3 Å². The first-order valence-corrected chi connectivity index (χ1v) is 8.55. The summed E-state index contributed by atoms with van der Waals surface area (Å²) in [5.74, 6) is 2.18. The van der Waals surface area contributed by atoms with Crippen LogP contribution >= 0.6 is 0 Å². The molecule has 3 rings (SSSR count). The second kappa shape index (κ2) is 5.59. The number of Topliss-reactive ketones (excluding diaryl/α,β-unsaturated/α-hetero) is 1. The van der Waals surface area contributed by atoms with E-state index in [0.717, 1.165) is 31.6 Å². The fourth-order valence-electron chi connectivity index (χ4n) is 4.24. The van der Waals surface area contributed by atoms with Gasteiger partial charge in [0.1, 0.15) is 5.78 Å². The van der Waals surface area contributed by atoms with Crippen molar-refractivity contribution in [3.8, 4) is 0 Å². The lowest BCUT2D eigenvalue weighted by atomic mass is 9.67. The normalized spacial score (nSPS) is 28.6. The van der Waals surface area contributed by atoms with Crippen molar-refractivity contribution < 1.29 is 4.79 Å². The van der Waals surface area contributed by atoms with Crippen LogP contribution in [0.5, 0.6) is 0 Å². The summed E-state index contributed by atoms with van der Waals surface area (Å²) in [6.45, 7) is 7.02. The Labute approximate surface area is 129 Å². The van der Waals surface area contributed by atoms with Gasteiger partial charge in [-0.15, -0.1) is 0 Å². The number of rotatable bonds is 3. The molecule has 0 saturated heterocycles. The minimum absolute atomic E-state index is 0.344. The van der Waals surface area contributed by atoms with E-state index in [0.29, 0.717) is 23.0 Å². The van der Waals surface area contributed by atoms with Crippen molar-refractivity contribution in [1.82, 2.24) is 0 Å². The van der Waals surface area contributed by atoms with Crippen molar-refractivity contribution in [2.24, 2.45) is 17.3 Å². The maximum atomic E-state index is 12.6. The van der Waals surface area contributed by atoms with Gasteiger partial charge >= 0.3 is 0 Å². The molecule has 0 aromatic heterocycles. The van der Waals surface area contributed by atoms with Crippen molar-refractivity contribution in [2.45, 2.75) is 65.2 Å². The summed E-state index contributed by atoms with van der Waals surface area (Å²) < 4.78 is 0. The smallest absolute Gasteiger partial charge is 0.136 e. The molecule has 1 saturated carbocycles. The van der Waals surface area contributed by atoms with Gasteiger partial charge < -0.3 is 0 Å². The van der Waals surface area contributed by atoms with Crippen LogP contribution in [-0.2, 0) is 11.2 Å². The van der Waals surface area contributed by atoms with E-state index in [1.54, 1.807) is 0 Å². The zero-order chi connectivity index (χ0) is 15.0. The Balaban J connectivity index is 1.52. The maximum Gasteiger partial charge on any atom is 0.136 e. The predicted molar refractivity (Wildman–Crippen MR) is 87.4 cm³/mol. The number of hydrogen-bond donors (Lipinski definition) is 0. The molecule has 0 N–H and O–H groups in total. The highest BCUT2D eigenvalue weighted by atomic mass is 16.1. The van der Waals surface area contributed by atoms with Gasteiger partial charge in [-0.2, -0.15) is 0 Å². The van der Waals surface area contributed by atoms with E-state index in [1.807, 2.05) is 0 Å². The van der Waals surface area contributed by atoms with Crippen LogP contribution < -0.4 is 0 Å². The molecule has 0 radical (unpaired) electrons. The molecule has 1 aromatic rings. The predicted octanol–water partition coefficient (Wildman–Crippen LogP) is 5.14. The van der Waals surface area contributed by atoms with Gasteiger partial charge in [0.2, 0.25) is 0 Å². The van der Waals surface area contributed by atoms with E-state index in [4.69, 9.17) is 0 Å². The lowest BCUT2D eigenvalue weighted by Gasteiger charge is -2.37. The van der Waals surface area contributed by atoms with Crippen LogP contribution in [0.4, 0.5) is 0 Å². The highest BCUT2D eigenvalue weighted by Crippen LogP contribution is 2.42. The Morgan fingerprint density at radius 3 is 2.38 bits per heavy atom. The van der Waals surface area contributed by atoms with E-state index in [-0.39, 0.29) is 0 Å². The molecule has 0 heterocycles. The number of fused-ring (bicyclic) bond motifs is 1. The minimum Gasteiger partial charge on any atom is -0.299 e. The lowest BCUT2D eigenvalue weighted by molar-refractivity contribution is -0.124. The zero-order valence-electron chi connectivity index (χ0n) is 13.7. The van der Waals surface area contributed by atoms with Gasteiger partial charge in [0.15, 0.2) is 0 Å². The minimum atomic E-state index is 0.344. The van der Waals surface area contributed by atoms with Gasteiger partial charge in [-0.25, -0.2) is 0 Å². The third-order valence-electron chi connectivity index (χ3n) is 5.82. The second-order valence-electron chi connectivity index (χ2n) is 8.18. The molecule has 21 heavy (non-hydrogen) atoms. The van der Waals surface area contributed by atoms with Crippen molar-refractivity contribution in [1.29, 1.82) is 0 Å². The van der Waals surface area contributed by atoms with Crippen LogP contribution in [0.2, 0.25) is 0 Å². The Hall–Kier alpha value is -1.11. The summed E-state index contributed by atoms with van der Waals surface area (Å²) in [5, 5.41) is 0. The average Bonchev–Trinajstić information content (AvgIpc) is 2.44. The fourth-order valence-corrected chi connectivity index (χ4v) is 4.24. The Morgan fingerprint density at radius 1 is 1.10 bits per heavy atom. The first kappa shape index (κ1) is 14.8. The molecule has 0 spiro atoms. The zero-order valence-corrected chi connectivity index (χ0v) is 13.7. The molecule has 1 fully saturated rings. The van der Waals surface area contributed by atoms with Crippen molar-refractivity contribution in [3.63, 3.8) is 0 Å². The number of ketones is 1. The van der Waals surface area contributed by atoms with Gasteiger partial charge in [-0.1, -0.05) is 45.0 Å². The van der Waals surface area contributed by atoms with E-state index >= 15 is 0 Å². The summed E-state index contributed by atoms with van der Waals surface area (Å²) in [6.07, 6.45) is 6.60. The van der Waals surface area contributed by atoms with Crippen molar-refractivity contribution in [2.75, 3.05) is 0 Å². The largest absolute Gasteiger partial charge is 0.299 e. The van der Waals surface area contributed by atoms with E-state index < -0.39 is 0 Å². The van der Waals surface area contributed by atoms with Gasteiger partial charge in [0.05, 0.1) is 0 Å². The number of carbonyl (C=O) groups excluding carboxylic acids is 1. The molecule has 1 atom stereocenters. The molecule has 0 amide bonds. The topological polar surface area (TPSA) is 17.1 Å². The molecular formula is C20H28O. The molecular weight excluding hydrogens is 256 g/mol. The summed E-state index contributed by atoms with van der Waals surface area (Å²) >= 11 is 0. The molecule has 1 unspecified atom stereocenters. The summed E-state index contributed by atoms with van der Waals surface area (Å²) in [6, 6.07) is 8.60. The highest BCUT2D eigenvalue weighted by Gasteiger charge is 2.34. The fraction of sp³-hybridized carbons (Fsp3) is 0.650. The molecule has 2 aliphatic carbocycles. The van der Waals surface area contributed by atoms with E-state index in [1.165, 1.54) is 24.0 Å². The second-order valence-corrected chi connectivity index (χ2v) is 8.18. The molecule has 1 nitrogen and oxygen atoms in total. The molecule has 1 aromatic carbocycles. The van der Waals surface area contributed by atoms with Crippen LogP contribution in [0.15, 0.2) is 24.3 Å². The van der Waals surface area contributed by atoms with Gasteiger partial charge in [-0.3, -0.25) is 4.79 Å². The summed E-state index contributed by atoms with van der Waals surface area (Å²) in [4.78, 5) is 12.6. The van der Waals surface area contributed by atoms with Crippen LogP contribution in [0.25, 0.3) is 0 Å². The molecule has 1 heteroatoms. The Bertz CT molecular complexity index is 515. The molecule has 114 valence electrons. The van der Waals surface area contributed by atoms with Gasteiger partial charge in [0, 0.05) is 12.3 Å². The van der Waals surface area contributed by atoms with Crippen LogP contribution in [0.3, 0.4) is 0 Å².